The summed E-state index contributed by atoms with van der Waals surface area (Å²) >= 11 is 0. The lowest BCUT2D eigenvalue weighted by molar-refractivity contribution is -0.122. The molecule has 0 spiro atoms. The molecule has 0 aliphatic heterocycles. The van der Waals surface area contributed by atoms with Crippen molar-refractivity contribution < 1.29 is 13.9 Å². The van der Waals surface area contributed by atoms with Gasteiger partial charge in [0.05, 0.1) is 18.3 Å². The Balaban J connectivity index is 2.00. The molecule has 0 aliphatic carbocycles. The van der Waals surface area contributed by atoms with Gasteiger partial charge in [0.1, 0.15) is 12.4 Å². The molecule has 1 amide bonds. The second-order valence-corrected chi connectivity index (χ2v) is 5.28. The number of benzene rings is 1. The number of carbonyl (C=O) groups is 1. The van der Waals surface area contributed by atoms with Crippen molar-refractivity contribution in [2.24, 2.45) is 0 Å². The molecule has 1 aromatic heterocycles. The first-order chi connectivity index (χ1) is 10.9. The molecule has 1 unspecified atom stereocenters. The molecule has 7 heteroatoms. The topological polar surface area (TPSA) is 82.2 Å². The first kappa shape index (κ1) is 16.8. The summed E-state index contributed by atoms with van der Waals surface area (Å²) in [5.74, 6) is -0.0639. The van der Waals surface area contributed by atoms with Crippen LogP contribution < -0.4 is 15.8 Å². The Morgan fingerprint density at radius 1 is 1.48 bits per heavy atom. The van der Waals surface area contributed by atoms with Crippen molar-refractivity contribution in [3.63, 3.8) is 0 Å². The fourth-order valence-electron chi connectivity index (χ4n) is 2.26. The first-order valence-corrected chi connectivity index (χ1v) is 7.42. The number of carbonyl (C=O) groups excluding carboxylic acids is 1. The van der Waals surface area contributed by atoms with Gasteiger partial charge in [0.15, 0.2) is 11.6 Å². The van der Waals surface area contributed by atoms with Crippen molar-refractivity contribution in [1.82, 2.24) is 15.1 Å². The molecule has 0 aliphatic rings. The Morgan fingerprint density at radius 2 is 2.22 bits per heavy atom. The van der Waals surface area contributed by atoms with E-state index in [2.05, 4.69) is 10.4 Å². The van der Waals surface area contributed by atoms with Gasteiger partial charge in [0, 0.05) is 6.07 Å². The molecule has 124 valence electrons. The Morgan fingerprint density at radius 3 is 2.78 bits per heavy atom. The standard InChI is InChI=1S/C16H21FN4O2/c1-4-23-14-6-5-12(8-13(14)17)11(3)19-16(22)9-21-15(18)7-10(2)20-21/h5-8,11H,4,9,18H2,1-3H3,(H,19,22). The lowest BCUT2D eigenvalue weighted by Crippen LogP contribution is -2.30. The monoisotopic (exact) mass is 320 g/mol. The molecule has 1 atom stereocenters. The number of amides is 1. The predicted octanol–water partition coefficient (Wildman–Crippen LogP) is 2.19. The summed E-state index contributed by atoms with van der Waals surface area (Å²) in [5.41, 5.74) is 7.16. The molecule has 0 fully saturated rings. The number of aryl methyl sites for hydroxylation is 1. The summed E-state index contributed by atoms with van der Waals surface area (Å²) in [6.45, 7) is 5.79. The summed E-state index contributed by atoms with van der Waals surface area (Å²) in [4.78, 5) is 12.1. The van der Waals surface area contributed by atoms with Gasteiger partial charge in [0.2, 0.25) is 5.91 Å². The van der Waals surface area contributed by atoms with Gasteiger partial charge in [-0.25, -0.2) is 9.07 Å². The number of nitrogens with two attached hydrogens (primary N) is 1. The minimum atomic E-state index is -0.447. The highest BCUT2D eigenvalue weighted by Crippen LogP contribution is 2.22. The molecule has 0 saturated carbocycles. The first-order valence-electron chi connectivity index (χ1n) is 7.42. The number of ether oxygens (including phenoxy) is 1. The van der Waals surface area contributed by atoms with E-state index in [0.29, 0.717) is 18.0 Å². The van der Waals surface area contributed by atoms with Gasteiger partial charge in [0.25, 0.3) is 0 Å². The highest BCUT2D eigenvalue weighted by atomic mass is 19.1. The van der Waals surface area contributed by atoms with Crippen LogP contribution in [0, 0.1) is 12.7 Å². The minimum absolute atomic E-state index is 0.0174. The van der Waals surface area contributed by atoms with Gasteiger partial charge in [-0.2, -0.15) is 5.10 Å². The maximum Gasteiger partial charge on any atom is 0.242 e. The molecule has 1 aromatic carbocycles. The van der Waals surface area contributed by atoms with Crippen LogP contribution in [0.25, 0.3) is 0 Å². The summed E-state index contributed by atoms with van der Waals surface area (Å²) in [7, 11) is 0. The highest BCUT2D eigenvalue weighted by molar-refractivity contribution is 5.76. The van der Waals surface area contributed by atoms with E-state index in [9.17, 15) is 9.18 Å². The van der Waals surface area contributed by atoms with Crippen LogP contribution in [0.1, 0.15) is 31.1 Å². The number of halogens is 1. The molecule has 6 nitrogen and oxygen atoms in total. The van der Waals surface area contributed by atoms with Crippen molar-refractivity contribution in [2.45, 2.75) is 33.4 Å². The third-order valence-electron chi connectivity index (χ3n) is 3.36. The van der Waals surface area contributed by atoms with E-state index >= 15 is 0 Å². The van der Waals surface area contributed by atoms with Gasteiger partial charge >= 0.3 is 0 Å². The zero-order chi connectivity index (χ0) is 17.0. The number of anilines is 1. The molecule has 23 heavy (non-hydrogen) atoms. The normalized spacial score (nSPS) is 12.0. The summed E-state index contributed by atoms with van der Waals surface area (Å²) in [6, 6.07) is 6.00. The molecule has 2 aromatic rings. The maximum atomic E-state index is 13.9. The number of rotatable bonds is 6. The van der Waals surface area contributed by atoms with E-state index in [4.69, 9.17) is 10.5 Å². The molecule has 3 N–H and O–H groups in total. The molecular weight excluding hydrogens is 299 g/mol. The van der Waals surface area contributed by atoms with Gasteiger partial charge < -0.3 is 15.8 Å². The number of nitrogens with one attached hydrogen (secondary N) is 1. The lowest BCUT2D eigenvalue weighted by Gasteiger charge is -2.16. The summed E-state index contributed by atoms with van der Waals surface area (Å²) in [5, 5.41) is 6.93. The van der Waals surface area contributed by atoms with Crippen LogP contribution in [-0.2, 0) is 11.3 Å². The van der Waals surface area contributed by atoms with E-state index in [1.54, 1.807) is 39.0 Å². The molecule has 0 radical (unpaired) electrons. The fourth-order valence-corrected chi connectivity index (χ4v) is 2.26. The van der Waals surface area contributed by atoms with Gasteiger partial charge in [-0.1, -0.05) is 6.07 Å². The molecule has 0 saturated heterocycles. The molecular formula is C16H21FN4O2. The Hall–Kier alpha value is -2.57. The van der Waals surface area contributed by atoms with Crippen LogP contribution in [-0.4, -0.2) is 22.3 Å². The highest BCUT2D eigenvalue weighted by Gasteiger charge is 2.14. The van der Waals surface area contributed by atoms with E-state index < -0.39 is 5.82 Å². The zero-order valence-corrected chi connectivity index (χ0v) is 13.5. The summed E-state index contributed by atoms with van der Waals surface area (Å²) < 4.78 is 20.5. The number of hydrogen-bond acceptors (Lipinski definition) is 4. The quantitative estimate of drug-likeness (QED) is 0.855. The van der Waals surface area contributed by atoms with Crippen molar-refractivity contribution >= 4 is 11.7 Å². The second kappa shape index (κ2) is 7.13. The Labute approximate surface area is 134 Å². The van der Waals surface area contributed by atoms with Gasteiger partial charge in [-0.05, 0) is 38.5 Å². The fraction of sp³-hybridized carbons (Fsp3) is 0.375. The van der Waals surface area contributed by atoms with Crippen molar-refractivity contribution in [1.29, 1.82) is 0 Å². The van der Waals surface area contributed by atoms with Crippen molar-refractivity contribution in [2.75, 3.05) is 12.3 Å². The maximum absolute atomic E-state index is 13.9. The second-order valence-electron chi connectivity index (χ2n) is 5.28. The molecule has 2 rings (SSSR count). The number of hydrogen-bond donors (Lipinski definition) is 2. The average Bonchev–Trinajstić information content (AvgIpc) is 2.79. The SMILES string of the molecule is CCOc1ccc(C(C)NC(=O)Cn2nc(C)cc2N)cc1F. The predicted molar refractivity (Wildman–Crippen MR) is 85.5 cm³/mol. The Bertz CT molecular complexity index is 699. The van der Waals surface area contributed by atoms with Crippen LogP contribution in [0.4, 0.5) is 10.2 Å². The van der Waals surface area contributed by atoms with Gasteiger partial charge in [-0.15, -0.1) is 0 Å². The van der Waals surface area contributed by atoms with E-state index in [-0.39, 0.29) is 24.2 Å². The number of aromatic nitrogens is 2. The molecule has 1 heterocycles. The van der Waals surface area contributed by atoms with Crippen LogP contribution in [0.5, 0.6) is 5.75 Å². The third-order valence-corrected chi connectivity index (χ3v) is 3.36. The van der Waals surface area contributed by atoms with Crippen LogP contribution in [0.15, 0.2) is 24.3 Å². The zero-order valence-electron chi connectivity index (χ0n) is 13.5. The van der Waals surface area contributed by atoms with E-state index in [0.717, 1.165) is 5.69 Å². The van der Waals surface area contributed by atoms with Crippen LogP contribution in [0.3, 0.4) is 0 Å². The minimum Gasteiger partial charge on any atom is -0.491 e. The number of nitrogens with zero attached hydrogens (tertiary/aromatic N) is 2. The van der Waals surface area contributed by atoms with E-state index in [1.165, 1.54) is 10.7 Å². The average molecular weight is 320 g/mol. The lowest BCUT2D eigenvalue weighted by atomic mass is 10.1. The molecule has 0 bridgehead atoms. The smallest absolute Gasteiger partial charge is 0.242 e. The van der Waals surface area contributed by atoms with Gasteiger partial charge in [-0.3, -0.25) is 4.79 Å². The van der Waals surface area contributed by atoms with Crippen LogP contribution >= 0.6 is 0 Å². The van der Waals surface area contributed by atoms with E-state index in [1.807, 2.05) is 0 Å². The van der Waals surface area contributed by atoms with Crippen molar-refractivity contribution in [3.8, 4) is 5.75 Å². The summed E-state index contributed by atoms with van der Waals surface area (Å²) in [6.07, 6.45) is 0. The number of nitrogen functional groups attached to an aromatic ring is 1. The van der Waals surface area contributed by atoms with Crippen molar-refractivity contribution in [3.05, 3.63) is 41.3 Å². The Kier molecular flexibility index (Phi) is 5.20. The third kappa shape index (κ3) is 4.21. The largest absolute Gasteiger partial charge is 0.491 e. The van der Waals surface area contributed by atoms with Crippen LogP contribution in [0.2, 0.25) is 0 Å².